The molecule has 0 radical (unpaired) electrons. The lowest BCUT2D eigenvalue weighted by Gasteiger charge is -2.06. The number of carbonyl (C=O) groups excluding carboxylic acids is 1. The van der Waals surface area contributed by atoms with Gasteiger partial charge in [0.05, 0.1) is 17.9 Å². The van der Waals surface area contributed by atoms with Gasteiger partial charge >= 0.3 is 5.97 Å². The van der Waals surface area contributed by atoms with Gasteiger partial charge in [0, 0.05) is 17.5 Å². The lowest BCUT2D eigenvalue weighted by molar-refractivity contribution is 0.0728. The van der Waals surface area contributed by atoms with E-state index in [0.717, 1.165) is 17.7 Å². The number of aromatic nitrogens is 2. The highest BCUT2D eigenvalue weighted by Crippen LogP contribution is 2.20. The van der Waals surface area contributed by atoms with Gasteiger partial charge in [-0.05, 0) is 51.1 Å². The van der Waals surface area contributed by atoms with Gasteiger partial charge in [-0.3, -0.25) is 4.79 Å². The number of hydrogen-bond acceptors (Lipinski definition) is 8. The molecule has 0 atom stereocenters. The zero-order chi connectivity index (χ0) is 20.8. The molecule has 2 aromatic heterocycles. The third-order valence-corrected chi connectivity index (χ3v) is 4.63. The fraction of sp³-hybridized carbons (Fsp3) is 0.238. The summed E-state index contributed by atoms with van der Waals surface area (Å²) in [6.07, 6.45) is 1.15. The van der Waals surface area contributed by atoms with Crippen LogP contribution in [0.1, 0.15) is 34.4 Å². The summed E-state index contributed by atoms with van der Waals surface area (Å²) >= 11 is 1.36. The molecule has 0 bridgehead atoms. The molecule has 0 aliphatic heterocycles. The van der Waals surface area contributed by atoms with E-state index in [2.05, 4.69) is 9.97 Å². The Morgan fingerprint density at radius 3 is 2.41 bits per heavy atom. The molecule has 0 N–H and O–H groups in total. The van der Waals surface area contributed by atoms with Crippen molar-refractivity contribution < 1.29 is 18.7 Å². The van der Waals surface area contributed by atoms with Crippen molar-refractivity contribution in [1.29, 1.82) is 0 Å². The summed E-state index contributed by atoms with van der Waals surface area (Å²) in [4.78, 5) is 33.2. The first kappa shape index (κ1) is 20.6. The van der Waals surface area contributed by atoms with E-state index in [0.29, 0.717) is 34.6 Å². The number of aryl methyl sites for hydroxylation is 2. The van der Waals surface area contributed by atoms with Gasteiger partial charge in [-0.2, -0.15) is 0 Å². The van der Waals surface area contributed by atoms with E-state index in [-0.39, 0.29) is 5.75 Å². The Morgan fingerprint density at radius 1 is 1.10 bits per heavy atom. The molecule has 0 aliphatic rings. The predicted octanol–water partition coefficient (Wildman–Crippen LogP) is 3.96. The maximum Gasteiger partial charge on any atom is 0.343 e. The van der Waals surface area contributed by atoms with Crippen LogP contribution < -0.4 is 14.9 Å². The highest BCUT2D eigenvalue weighted by atomic mass is 32.2. The van der Waals surface area contributed by atoms with Gasteiger partial charge in [-0.25, -0.2) is 14.8 Å². The fourth-order valence-corrected chi connectivity index (χ4v) is 3.34. The highest BCUT2D eigenvalue weighted by Gasteiger charge is 2.13. The summed E-state index contributed by atoms with van der Waals surface area (Å²) < 4.78 is 15.9. The Morgan fingerprint density at radius 2 is 1.79 bits per heavy atom. The fourth-order valence-electron chi connectivity index (χ4n) is 2.50. The van der Waals surface area contributed by atoms with E-state index in [1.54, 1.807) is 24.3 Å². The Bertz CT molecular complexity index is 1040. The minimum Gasteiger partial charge on any atom is -0.494 e. The molecule has 0 saturated carbocycles. The van der Waals surface area contributed by atoms with Gasteiger partial charge in [0.1, 0.15) is 17.8 Å². The van der Waals surface area contributed by atoms with Crippen molar-refractivity contribution in [3.05, 3.63) is 75.6 Å². The number of carbonyl (C=O) groups is 1. The van der Waals surface area contributed by atoms with Gasteiger partial charge in [-0.1, -0.05) is 11.8 Å². The van der Waals surface area contributed by atoms with E-state index >= 15 is 0 Å². The third kappa shape index (κ3) is 5.68. The molecule has 8 heteroatoms. The third-order valence-electron chi connectivity index (χ3n) is 3.76. The highest BCUT2D eigenvalue weighted by molar-refractivity contribution is 7.98. The summed E-state index contributed by atoms with van der Waals surface area (Å²) in [5.41, 5.74) is 1.61. The molecular formula is C21H20N2O5S. The van der Waals surface area contributed by atoms with Crippen LogP contribution in [0.15, 0.2) is 57.0 Å². The molecule has 7 nitrogen and oxygen atoms in total. The van der Waals surface area contributed by atoms with Gasteiger partial charge in [0.2, 0.25) is 11.2 Å². The van der Waals surface area contributed by atoms with Gasteiger partial charge in [0.15, 0.2) is 5.16 Å². The standard InChI is InChI=1S/C21H20N2O5S/c1-4-26-16-7-5-15(6-8-16)20(25)28-19-11-27-17(10-18(19)24)12-29-21-22-13(2)9-14(3)23-21/h5-11H,4,12H2,1-3H3. The minimum atomic E-state index is -0.647. The first-order valence-electron chi connectivity index (χ1n) is 8.96. The molecule has 0 spiro atoms. The SMILES string of the molecule is CCOc1ccc(C(=O)Oc2coc(CSc3nc(C)cc(C)n3)cc2=O)cc1. The number of hydrogen-bond donors (Lipinski definition) is 0. The van der Waals surface area contributed by atoms with Crippen LogP contribution in [0.4, 0.5) is 0 Å². The monoisotopic (exact) mass is 412 g/mol. The molecule has 29 heavy (non-hydrogen) atoms. The number of benzene rings is 1. The second kappa shape index (κ2) is 9.38. The van der Waals surface area contributed by atoms with Crippen molar-refractivity contribution in [2.45, 2.75) is 31.7 Å². The maximum absolute atomic E-state index is 12.3. The lowest BCUT2D eigenvalue weighted by atomic mass is 10.2. The van der Waals surface area contributed by atoms with E-state index in [4.69, 9.17) is 13.9 Å². The molecular weight excluding hydrogens is 392 g/mol. The van der Waals surface area contributed by atoms with Crippen LogP contribution in [0.5, 0.6) is 11.5 Å². The minimum absolute atomic E-state index is 0.166. The van der Waals surface area contributed by atoms with E-state index in [1.807, 2.05) is 26.8 Å². The quantitative estimate of drug-likeness (QED) is 0.327. The second-order valence-electron chi connectivity index (χ2n) is 6.14. The zero-order valence-corrected chi connectivity index (χ0v) is 17.1. The Kier molecular flexibility index (Phi) is 6.66. The number of ether oxygens (including phenoxy) is 2. The normalized spacial score (nSPS) is 10.6. The van der Waals surface area contributed by atoms with Crippen LogP contribution in [0.25, 0.3) is 0 Å². The average Bonchev–Trinajstić information content (AvgIpc) is 2.68. The lowest BCUT2D eigenvalue weighted by Crippen LogP contribution is -2.14. The van der Waals surface area contributed by atoms with Gasteiger partial charge in [-0.15, -0.1) is 0 Å². The van der Waals surface area contributed by atoms with Crippen LogP contribution >= 0.6 is 11.8 Å². The summed E-state index contributed by atoms with van der Waals surface area (Å²) in [5.74, 6) is 0.652. The Balaban J connectivity index is 1.64. The molecule has 0 amide bonds. The molecule has 3 aromatic rings. The number of nitrogens with zero attached hydrogens (tertiary/aromatic N) is 2. The molecule has 0 aliphatic carbocycles. The average molecular weight is 412 g/mol. The molecule has 1 aromatic carbocycles. The first-order valence-corrected chi connectivity index (χ1v) is 9.95. The summed E-state index contributed by atoms with van der Waals surface area (Å²) in [7, 11) is 0. The van der Waals surface area contributed by atoms with E-state index in [1.165, 1.54) is 17.8 Å². The summed E-state index contributed by atoms with van der Waals surface area (Å²) in [6, 6.07) is 9.66. The van der Waals surface area contributed by atoms with Crippen LogP contribution in [-0.4, -0.2) is 22.5 Å². The van der Waals surface area contributed by atoms with Crippen LogP contribution in [-0.2, 0) is 5.75 Å². The van der Waals surface area contributed by atoms with Gasteiger partial charge < -0.3 is 13.9 Å². The number of thioether (sulfide) groups is 1. The maximum atomic E-state index is 12.3. The zero-order valence-electron chi connectivity index (χ0n) is 16.3. The Labute approximate surface area is 172 Å². The van der Waals surface area contributed by atoms with E-state index in [9.17, 15) is 9.59 Å². The second-order valence-corrected chi connectivity index (χ2v) is 7.09. The topological polar surface area (TPSA) is 91.5 Å². The van der Waals surface area contributed by atoms with Gasteiger partial charge in [0.25, 0.3) is 0 Å². The largest absolute Gasteiger partial charge is 0.494 e. The first-order chi connectivity index (χ1) is 13.9. The smallest absolute Gasteiger partial charge is 0.343 e. The summed E-state index contributed by atoms with van der Waals surface area (Å²) in [6.45, 7) is 6.20. The van der Waals surface area contributed by atoms with Crippen LogP contribution in [0.2, 0.25) is 0 Å². The number of rotatable bonds is 7. The molecule has 0 saturated heterocycles. The van der Waals surface area contributed by atoms with E-state index < -0.39 is 11.4 Å². The van der Waals surface area contributed by atoms with Crippen LogP contribution in [0, 0.1) is 13.8 Å². The number of esters is 1. The molecule has 150 valence electrons. The molecule has 0 unspecified atom stereocenters. The van der Waals surface area contributed by atoms with Crippen molar-refractivity contribution in [1.82, 2.24) is 9.97 Å². The molecule has 2 heterocycles. The van der Waals surface area contributed by atoms with Crippen molar-refractivity contribution in [3.8, 4) is 11.5 Å². The predicted molar refractivity (Wildman–Crippen MR) is 109 cm³/mol. The van der Waals surface area contributed by atoms with Crippen LogP contribution in [0.3, 0.4) is 0 Å². The summed E-state index contributed by atoms with van der Waals surface area (Å²) in [5, 5.41) is 0.608. The van der Waals surface area contributed by atoms with Crippen molar-refractivity contribution >= 4 is 17.7 Å². The Hall–Kier alpha value is -3.13. The van der Waals surface area contributed by atoms with Crippen molar-refractivity contribution in [2.24, 2.45) is 0 Å². The van der Waals surface area contributed by atoms with Crippen molar-refractivity contribution in [2.75, 3.05) is 6.61 Å². The molecule has 0 fully saturated rings. The van der Waals surface area contributed by atoms with Crippen molar-refractivity contribution in [3.63, 3.8) is 0 Å². The molecule has 3 rings (SSSR count).